The lowest BCUT2D eigenvalue weighted by Crippen LogP contribution is -2.34. The normalized spacial score (nSPS) is 14.8. The van der Waals surface area contributed by atoms with Crippen molar-refractivity contribution in [2.45, 2.75) is 77.2 Å². The molecular weight excluding hydrogens is 471 g/mol. The summed E-state index contributed by atoms with van der Waals surface area (Å²) in [5.74, 6) is -1.55. The van der Waals surface area contributed by atoms with Gasteiger partial charge in [-0.25, -0.2) is 4.57 Å². The van der Waals surface area contributed by atoms with Crippen LogP contribution in [0.2, 0.25) is 0 Å². The molecule has 0 heterocycles. The lowest BCUT2D eigenvalue weighted by Gasteiger charge is -2.13. The lowest BCUT2D eigenvalue weighted by molar-refractivity contribution is -0.139. The highest BCUT2D eigenvalue weighted by atomic mass is 31.2. The van der Waals surface area contributed by atoms with E-state index >= 15 is 0 Å². The van der Waals surface area contributed by atoms with E-state index in [1.54, 1.807) is 0 Å². The third-order valence-corrected chi connectivity index (χ3v) is 5.63. The van der Waals surface area contributed by atoms with Crippen LogP contribution in [0.4, 0.5) is 0 Å². The molecule has 5 N–H and O–H groups in total. The summed E-state index contributed by atoms with van der Waals surface area (Å²) in [5, 5.41) is 11.2. The average Bonchev–Trinajstić information content (AvgIpc) is 2.82. The van der Waals surface area contributed by atoms with Gasteiger partial charge in [0.15, 0.2) is 0 Å². The molecule has 10 heteroatoms. The summed E-state index contributed by atoms with van der Waals surface area (Å²) in [5.41, 5.74) is 5.17. The van der Waals surface area contributed by atoms with Crippen molar-refractivity contribution < 1.29 is 33.2 Å². The Hall–Kier alpha value is -2.03. The maximum Gasteiger partial charge on any atom is 0.472 e. The van der Waals surface area contributed by atoms with Crippen LogP contribution in [-0.2, 0) is 23.2 Å². The van der Waals surface area contributed by atoms with Gasteiger partial charge in [0.25, 0.3) is 0 Å². The second-order valence-electron chi connectivity index (χ2n) is 7.87. The molecule has 1 amide bonds. The number of nitrogens with two attached hydrogens (primary N) is 1. The van der Waals surface area contributed by atoms with Gasteiger partial charge in [0, 0.05) is 13.0 Å². The Morgan fingerprint density at radius 1 is 0.914 bits per heavy atom. The zero-order valence-electron chi connectivity index (χ0n) is 20.8. The number of hydrogen-bond donors (Lipinski definition) is 4. The Bertz CT molecular complexity index is 735. The van der Waals surface area contributed by atoms with Crippen molar-refractivity contribution in [1.82, 2.24) is 5.32 Å². The number of carbonyl (C=O) groups is 2. The number of phosphoric ester groups is 1. The number of amides is 1. The smallest absolute Gasteiger partial charge is 0.472 e. The van der Waals surface area contributed by atoms with Gasteiger partial charge in [0.2, 0.25) is 5.91 Å². The van der Waals surface area contributed by atoms with Crippen LogP contribution >= 0.6 is 7.82 Å². The summed E-state index contributed by atoms with van der Waals surface area (Å²) in [6.45, 7) is 1.33. The number of unbranched alkanes of at least 4 members (excludes halogenated alkanes) is 4. The number of hydrogen-bond acceptors (Lipinski definition) is 6. The number of carboxylic acids is 1. The maximum atomic E-state index is 11.8. The minimum atomic E-state index is -4.42. The summed E-state index contributed by atoms with van der Waals surface area (Å²) in [6.07, 6.45) is 26.8. The third-order valence-electron chi connectivity index (χ3n) is 4.65. The van der Waals surface area contributed by atoms with Crippen LogP contribution in [0, 0.1) is 0 Å². The third kappa shape index (κ3) is 23.5. The molecule has 2 atom stereocenters. The van der Waals surface area contributed by atoms with E-state index in [4.69, 9.17) is 10.8 Å². The van der Waals surface area contributed by atoms with Crippen molar-refractivity contribution in [3.8, 4) is 0 Å². The molecule has 0 rings (SSSR count). The Morgan fingerprint density at radius 2 is 1.46 bits per heavy atom. The largest absolute Gasteiger partial charge is 0.480 e. The lowest BCUT2D eigenvalue weighted by atomic mass is 10.2. The molecule has 0 fully saturated rings. The maximum absolute atomic E-state index is 11.8. The molecule has 0 aromatic carbocycles. The topological polar surface area (TPSA) is 148 Å². The Labute approximate surface area is 209 Å². The predicted molar refractivity (Wildman–Crippen MR) is 139 cm³/mol. The monoisotopic (exact) mass is 514 g/mol. The molecule has 0 saturated carbocycles. The van der Waals surface area contributed by atoms with Crippen LogP contribution in [0.15, 0.2) is 48.6 Å². The molecule has 0 radical (unpaired) electrons. The average molecular weight is 515 g/mol. The van der Waals surface area contributed by atoms with Crippen molar-refractivity contribution in [3.63, 3.8) is 0 Å². The van der Waals surface area contributed by atoms with Crippen molar-refractivity contribution in [2.75, 3.05) is 19.8 Å². The van der Waals surface area contributed by atoms with Crippen LogP contribution in [0.5, 0.6) is 0 Å². The highest BCUT2D eigenvalue weighted by Crippen LogP contribution is 2.42. The fraction of sp³-hybridized carbons (Fsp3) is 0.600. The molecule has 0 aromatic rings. The fourth-order valence-electron chi connectivity index (χ4n) is 2.66. The van der Waals surface area contributed by atoms with Crippen molar-refractivity contribution in [1.29, 1.82) is 0 Å². The van der Waals surface area contributed by atoms with Gasteiger partial charge >= 0.3 is 13.8 Å². The van der Waals surface area contributed by atoms with Crippen molar-refractivity contribution in [3.05, 3.63) is 48.6 Å². The van der Waals surface area contributed by atoms with Gasteiger partial charge in [-0.05, 0) is 44.9 Å². The molecule has 200 valence electrons. The summed E-state index contributed by atoms with van der Waals surface area (Å²) in [6, 6.07) is -1.43. The standard InChI is InChI=1S/C25H43N2O7P/c1-2-3-4-5-6-7-8-9-10-11-12-13-14-15-16-17-18-19-24(28)27-20-21-33-35(31,32)34-22-23(26)25(29)30/h6-7,9-10,12-13,15-16,23H,2-5,8,11,14,17-22,26H2,1H3,(H,27,28)(H,29,30)(H,31,32)/b7-6-,10-9-,13-12-,16-15-. The summed E-state index contributed by atoms with van der Waals surface area (Å²) in [4.78, 5) is 31.7. The first-order valence-electron chi connectivity index (χ1n) is 12.3. The first kappa shape index (κ1) is 33.0. The van der Waals surface area contributed by atoms with Crippen LogP contribution < -0.4 is 11.1 Å². The number of nitrogens with one attached hydrogen (secondary N) is 1. The van der Waals surface area contributed by atoms with Crippen LogP contribution in [-0.4, -0.2) is 47.7 Å². The number of phosphoric acid groups is 1. The molecule has 0 aromatic heterocycles. The molecule has 0 aliphatic heterocycles. The van der Waals surface area contributed by atoms with E-state index < -0.39 is 26.4 Å². The first-order valence-corrected chi connectivity index (χ1v) is 13.7. The van der Waals surface area contributed by atoms with Crippen molar-refractivity contribution >= 4 is 19.7 Å². The van der Waals surface area contributed by atoms with Crippen molar-refractivity contribution in [2.24, 2.45) is 5.73 Å². The summed E-state index contributed by atoms with van der Waals surface area (Å²) >= 11 is 0. The summed E-state index contributed by atoms with van der Waals surface area (Å²) < 4.78 is 20.7. The van der Waals surface area contributed by atoms with Crippen LogP contribution in [0.3, 0.4) is 0 Å². The first-order chi connectivity index (χ1) is 16.8. The van der Waals surface area contributed by atoms with E-state index in [1.165, 1.54) is 25.7 Å². The van der Waals surface area contributed by atoms with E-state index in [-0.39, 0.29) is 19.1 Å². The number of aliphatic carboxylic acids is 1. The van der Waals surface area contributed by atoms with Gasteiger partial charge in [0.1, 0.15) is 6.04 Å². The van der Waals surface area contributed by atoms with Gasteiger partial charge in [-0.15, -0.1) is 0 Å². The Kier molecular flexibility index (Phi) is 21.1. The van der Waals surface area contributed by atoms with E-state index in [0.29, 0.717) is 12.8 Å². The number of carbonyl (C=O) groups excluding carboxylic acids is 1. The van der Waals surface area contributed by atoms with Gasteiger partial charge in [-0.2, -0.15) is 0 Å². The molecular formula is C25H43N2O7P. The Morgan fingerprint density at radius 3 is 2.00 bits per heavy atom. The number of allylic oxidation sites excluding steroid dienone is 8. The highest BCUT2D eigenvalue weighted by Gasteiger charge is 2.24. The molecule has 9 nitrogen and oxygen atoms in total. The second-order valence-corrected chi connectivity index (χ2v) is 9.33. The van der Waals surface area contributed by atoms with E-state index in [0.717, 1.165) is 25.7 Å². The summed E-state index contributed by atoms with van der Waals surface area (Å²) in [7, 11) is -4.42. The minimum absolute atomic E-state index is 0.0298. The van der Waals surface area contributed by atoms with Gasteiger partial charge < -0.3 is 21.1 Å². The highest BCUT2D eigenvalue weighted by molar-refractivity contribution is 7.47. The minimum Gasteiger partial charge on any atom is -0.480 e. The zero-order chi connectivity index (χ0) is 26.2. The van der Waals surface area contributed by atoms with Crippen LogP contribution in [0.25, 0.3) is 0 Å². The number of rotatable bonds is 22. The quantitative estimate of drug-likeness (QED) is 0.0915. The van der Waals surface area contributed by atoms with E-state index in [9.17, 15) is 19.0 Å². The Balaban J connectivity index is 3.68. The molecule has 0 saturated heterocycles. The molecule has 0 aliphatic carbocycles. The molecule has 35 heavy (non-hydrogen) atoms. The predicted octanol–water partition coefficient (Wildman–Crippen LogP) is 4.79. The molecule has 0 bridgehead atoms. The SMILES string of the molecule is CCCCC/C=C\C/C=C\C/C=C\C/C=C\CCCC(=O)NCCOP(=O)(O)OCC(N)C(=O)O. The molecule has 2 unspecified atom stereocenters. The van der Waals surface area contributed by atoms with Crippen LogP contribution in [0.1, 0.15) is 71.1 Å². The number of carboxylic acid groups (broad SMARTS) is 1. The fourth-order valence-corrected chi connectivity index (χ4v) is 3.41. The van der Waals surface area contributed by atoms with Gasteiger partial charge in [-0.3, -0.25) is 18.6 Å². The van der Waals surface area contributed by atoms with E-state index in [2.05, 4.69) is 63.8 Å². The van der Waals surface area contributed by atoms with Gasteiger partial charge in [-0.1, -0.05) is 68.4 Å². The van der Waals surface area contributed by atoms with Gasteiger partial charge in [0.05, 0.1) is 13.2 Å². The molecule has 0 spiro atoms. The van der Waals surface area contributed by atoms with E-state index in [1.807, 2.05) is 6.08 Å². The second kappa shape index (κ2) is 22.4. The zero-order valence-corrected chi connectivity index (χ0v) is 21.7. The molecule has 0 aliphatic rings.